The number of nitrogens with zero attached hydrogens (tertiary/aromatic N) is 2. The van der Waals surface area contributed by atoms with Gasteiger partial charge in [-0.15, -0.1) is 11.3 Å². The van der Waals surface area contributed by atoms with Crippen molar-refractivity contribution in [1.29, 1.82) is 0 Å². The largest absolute Gasteiger partial charge is 0.490 e. The molecule has 8 heteroatoms. The molecule has 1 aliphatic heterocycles. The molecule has 1 saturated heterocycles. The number of carbonyl (C=O) groups is 1. The van der Waals surface area contributed by atoms with Crippen molar-refractivity contribution < 1.29 is 19.0 Å². The molecule has 1 N–H and O–H groups in total. The van der Waals surface area contributed by atoms with Crippen molar-refractivity contribution in [2.24, 2.45) is 5.92 Å². The lowest BCUT2D eigenvalue weighted by atomic mass is 9.98. The van der Waals surface area contributed by atoms with Crippen LogP contribution in [0.4, 0.5) is 5.13 Å². The number of benzene rings is 1. The number of hydrogen-bond acceptors (Lipinski definition) is 7. The van der Waals surface area contributed by atoms with Gasteiger partial charge >= 0.3 is 0 Å². The molecule has 0 spiro atoms. The van der Waals surface area contributed by atoms with Gasteiger partial charge in [0.2, 0.25) is 5.75 Å². The first-order valence-electron chi connectivity index (χ1n) is 10.6. The molecule has 7 nitrogen and oxygen atoms in total. The second-order valence-electron chi connectivity index (χ2n) is 7.08. The zero-order valence-electron chi connectivity index (χ0n) is 18.0. The number of anilines is 1. The number of thiazole rings is 1. The smallest absolute Gasteiger partial charge is 0.251 e. The molecule has 1 aliphatic rings. The Balaban J connectivity index is 1.68. The maximum absolute atomic E-state index is 12.9. The molecule has 0 unspecified atom stereocenters. The topological polar surface area (TPSA) is 72.9 Å². The lowest BCUT2D eigenvalue weighted by Crippen LogP contribution is -2.41. The molecule has 0 radical (unpaired) electrons. The Hall–Kier alpha value is -2.48. The van der Waals surface area contributed by atoms with E-state index in [9.17, 15) is 4.79 Å². The van der Waals surface area contributed by atoms with E-state index >= 15 is 0 Å². The van der Waals surface area contributed by atoms with Gasteiger partial charge in [0, 0.05) is 36.8 Å². The number of nitrogens with one attached hydrogen (secondary N) is 1. The SMILES string of the molecule is CCOc1cc(C(=O)NC[C@H]2CCCN(c3nccs3)C2)cc(OCC)c1OCC. The summed E-state index contributed by atoms with van der Waals surface area (Å²) >= 11 is 1.66. The van der Waals surface area contributed by atoms with Gasteiger partial charge in [-0.05, 0) is 51.7 Å². The normalized spacial score (nSPS) is 16.2. The van der Waals surface area contributed by atoms with Crippen LogP contribution in [-0.2, 0) is 0 Å². The lowest BCUT2D eigenvalue weighted by molar-refractivity contribution is 0.0944. The summed E-state index contributed by atoms with van der Waals surface area (Å²) < 4.78 is 17.2. The van der Waals surface area contributed by atoms with E-state index in [1.807, 2.05) is 32.3 Å². The fourth-order valence-electron chi connectivity index (χ4n) is 3.64. The molecular weight excluding hydrogens is 402 g/mol. The zero-order valence-corrected chi connectivity index (χ0v) is 18.8. The number of rotatable bonds is 10. The number of aromatic nitrogens is 1. The molecule has 0 aliphatic carbocycles. The van der Waals surface area contributed by atoms with Crippen molar-refractivity contribution in [3.05, 3.63) is 29.3 Å². The summed E-state index contributed by atoms with van der Waals surface area (Å²) in [5, 5.41) is 6.14. The second kappa shape index (κ2) is 11.1. The Morgan fingerprint density at radius 3 is 2.47 bits per heavy atom. The van der Waals surface area contributed by atoms with Crippen LogP contribution in [-0.4, -0.2) is 50.3 Å². The van der Waals surface area contributed by atoms with Gasteiger partial charge in [0.05, 0.1) is 19.8 Å². The van der Waals surface area contributed by atoms with E-state index in [1.165, 1.54) is 0 Å². The summed E-state index contributed by atoms with van der Waals surface area (Å²) in [4.78, 5) is 19.6. The van der Waals surface area contributed by atoms with Crippen molar-refractivity contribution in [3.8, 4) is 17.2 Å². The van der Waals surface area contributed by atoms with E-state index < -0.39 is 0 Å². The first-order valence-corrected chi connectivity index (χ1v) is 11.5. The van der Waals surface area contributed by atoms with Crippen LogP contribution in [0.25, 0.3) is 0 Å². The van der Waals surface area contributed by atoms with Crippen LogP contribution in [0.3, 0.4) is 0 Å². The highest BCUT2D eigenvalue weighted by Crippen LogP contribution is 2.39. The molecule has 0 bridgehead atoms. The highest BCUT2D eigenvalue weighted by atomic mass is 32.1. The first kappa shape index (κ1) is 22.2. The van der Waals surface area contributed by atoms with Crippen LogP contribution in [0.5, 0.6) is 17.2 Å². The molecule has 2 heterocycles. The van der Waals surface area contributed by atoms with Crippen LogP contribution >= 0.6 is 11.3 Å². The fourth-order valence-corrected chi connectivity index (χ4v) is 4.32. The van der Waals surface area contributed by atoms with Gasteiger partial charge in [0.25, 0.3) is 5.91 Å². The van der Waals surface area contributed by atoms with Crippen LogP contribution in [0.1, 0.15) is 44.0 Å². The average molecular weight is 434 g/mol. The van der Waals surface area contributed by atoms with E-state index in [2.05, 4.69) is 15.2 Å². The predicted octanol–water partition coefficient (Wildman–Crippen LogP) is 3.99. The standard InChI is InChI=1S/C22H31N3O4S/c1-4-27-18-12-17(13-19(28-5-2)20(18)29-6-3)21(26)24-14-16-8-7-10-25(15-16)22-23-9-11-30-22/h9,11-13,16H,4-8,10,14-15H2,1-3H3,(H,24,26)/t16-/m1/s1. The molecule has 1 atom stereocenters. The van der Waals surface area contributed by atoms with Gasteiger partial charge in [-0.3, -0.25) is 4.79 Å². The van der Waals surface area contributed by atoms with Crippen molar-refractivity contribution in [3.63, 3.8) is 0 Å². The Labute approximate surface area is 182 Å². The highest BCUT2D eigenvalue weighted by Gasteiger charge is 2.23. The third-order valence-corrected chi connectivity index (χ3v) is 5.76. The van der Waals surface area contributed by atoms with Crippen LogP contribution in [0.2, 0.25) is 0 Å². The average Bonchev–Trinajstić information content (AvgIpc) is 3.30. The van der Waals surface area contributed by atoms with E-state index in [4.69, 9.17) is 14.2 Å². The summed E-state index contributed by atoms with van der Waals surface area (Å²) in [6, 6.07) is 3.46. The molecule has 30 heavy (non-hydrogen) atoms. The third kappa shape index (κ3) is 5.56. The summed E-state index contributed by atoms with van der Waals surface area (Å²) in [6.45, 7) is 9.71. The molecule has 3 rings (SSSR count). The minimum Gasteiger partial charge on any atom is -0.490 e. The highest BCUT2D eigenvalue weighted by molar-refractivity contribution is 7.13. The number of amides is 1. The minimum atomic E-state index is -0.133. The van der Waals surface area contributed by atoms with Crippen molar-refractivity contribution in [2.45, 2.75) is 33.6 Å². The number of piperidine rings is 1. The molecule has 1 amide bonds. The summed E-state index contributed by atoms with van der Waals surface area (Å²) in [5.41, 5.74) is 0.512. The first-order chi connectivity index (χ1) is 14.7. The Morgan fingerprint density at radius 2 is 1.87 bits per heavy atom. The quantitative estimate of drug-likeness (QED) is 0.611. The zero-order chi connectivity index (χ0) is 21.3. The third-order valence-electron chi connectivity index (χ3n) is 4.93. The minimum absolute atomic E-state index is 0.133. The Bertz CT molecular complexity index is 786. The van der Waals surface area contributed by atoms with Gasteiger partial charge in [-0.2, -0.15) is 0 Å². The number of ether oxygens (including phenoxy) is 3. The number of hydrogen-bond donors (Lipinski definition) is 1. The monoisotopic (exact) mass is 433 g/mol. The van der Waals surface area contributed by atoms with Crippen molar-refractivity contribution in [1.82, 2.24) is 10.3 Å². The van der Waals surface area contributed by atoms with Gasteiger partial charge in [-0.1, -0.05) is 0 Å². The van der Waals surface area contributed by atoms with Gasteiger partial charge < -0.3 is 24.4 Å². The molecule has 1 fully saturated rings. The molecule has 1 aromatic heterocycles. The molecule has 2 aromatic rings. The Kier molecular flexibility index (Phi) is 8.19. The van der Waals surface area contributed by atoms with Crippen molar-refractivity contribution >= 4 is 22.4 Å². The predicted molar refractivity (Wildman–Crippen MR) is 119 cm³/mol. The summed E-state index contributed by atoms with van der Waals surface area (Å²) in [6.07, 6.45) is 4.04. The van der Waals surface area contributed by atoms with Gasteiger partial charge in [-0.25, -0.2) is 4.98 Å². The van der Waals surface area contributed by atoms with Gasteiger partial charge in [0.1, 0.15) is 0 Å². The second-order valence-corrected chi connectivity index (χ2v) is 7.95. The molecule has 164 valence electrons. The molecule has 0 saturated carbocycles. The maximum Gasteiger partial charge on any atom is 0.251 e. The molecular formula is C22H31N3O4S. The van der Waals surface area contributed by atoms with E-state index in [-0.39, 0.29) is 5.91 Å². The summed E-state index contributed by atoms with van der Waals surface area (Å²) in [7, 11) is 0. The maximum atomic E-state index is 12.9. The van der Waals surface area contributed by atoms with Crippen LogP contribution in [0, 0.1) is 5.92 Å². The summed E-state index contributed by atoms with van der Waals surface area (Å²) in [5.74, 6) is 1.87. The fraction of sp³-hybridized carbons (Fsp3) is 0.545. The number of carbonyl (C=O) groups excluding carboxylic acids is 1. The molecule has 1 aromatic carbocycles. The van der Waals surface area contributed by atoms with Crippen LogP contribution in [0.15, 0.2) is 23.7 Å². The van der Waals surface area contributed by atoms with Gasteiger partial charge in [0.15, 0.2) is 16.6 Å². The van der Waals surface area contributed by atoms with Crippen molar-refractivity contribution in [2.75, 3.05) is 44.4 Å². The van der Waals surface area contributed by atoms with E-state index in [1.54, 1.807) is 23.5 Å². The Morgan fingerprint density at radius 1 is 1.17 bits per heavy atom. The van der Waals surface area contributed by atoms with E-state index in [0.717, 1.165) is 31.1 Å². The lowest BCUT2D eigenvalue weighted by Gasteiger charge is -2.32. The van der Waals surface area contributed by atoms with E-state index in [0.29, 0.717) is 55.1 Å². The van der Waals surface area contributed by atoms with Crippen LogP contribution < -0.4 is 24.4 Å².